The molecule has 0 aromatic rings. The van der Waals surface area contributed by atoms with E-state index in [1.165, 1.54) is 0 Å². The summed E-state index contributed by atoms with van der Waals surface area (Å²) in [6, 6.07) is 0. The number of alkyl halides is 5. The summed E-state index contributed by atoms with van der Waals surface area (Å²) in [4.78, 5) is 9.20. The second kappa shape index (κ2) is 7.02. The van der Waals surface area contributed by atoms with Crippen molar-refractivity contribution in [1.82, 2.24) is 0 Å². The van der Waals surface area contributed by atoms with Gasteiger partial charge in [0.25, 0.3) is 0 Å². The minimum Gasteiger partial charge on any atom is -0.832 e. The molecular weight excluding hydrogens is 229 g/mol. The first kappa shape index (κ1) is 20.1. The summed E-state index contributed by atoms with van der Waals surface area (Å²) in [5.74, 6) is -8.84. The molecule has 84 valence electrons. The molecule has 0 aliphatic rings. The number of halogens is 5. The number of carboxylic acids is 1. The largest absolute Gasteiger partial charge is 1.00 e. The molecule has 0 aliphatic carbocycles. The third-order valence-corrected chi connectivity index (χ3v) is 0.625. The van der Waals surface area contributed by atoms with E-state index in [9.17, 15) is 26.7 Å². The van der Waals surface area contributed by atoms with E-state index < -0.39 is 25.4 Å². The first-order chi connectivity index (χ1) is 5.93. The Labute approximate surface area is 91.9 Å². The Balaban J connectivity index is -0.000000249. The van der Waals surface area contributed by atoms with Crippen LogP contribution in [0.15, 0.2) is 0 Å². The topological polar surface area (TPSA) is 101 Å². The number of rotatable bonds is 1. The van der Waals surface area contributed by atoms with Crippen molar-refractivity contribution in [2.75, 3.05) is 0 Å². The summed E-state index contributed by atoms with van der Waals surface area (Å²) in [6.07, 6.45) is -6.02. The van der Waals surface area contributed by atoms with Crippen molar-refractivity contribution in [2.45, 2.75) is 12.1 Å². The van der Waals surface area contributed by atoms with Gasteiger partial charge in [-0.3, -0.25) is 0 Å². The molecule has 5 nitrogen and oxygen atoms in total. The van der Waals surface area contributed by atoms with Gasteiger partial charge in [-0.15, -0.1) is 0 Å². The quantitative estimate of drug-likeness (QED) is 0.313. The second-order valence-electron chi connectivity index (χ2n) is 1.70. The van der Waals surface area contributed by atoms with Crippen LogP contribution in [-0.2, 0) is 4.79 Å². The van der Waals surface area contributed by atoms with Crippen LogP contribution in [0.5, 0.6) is 0 Å². The summed E-state index contributed by atoms with van der Waals surface area (Å²) in [7, 11) is -2.42. The molecule has 0 saturated heterocycles. The van der Waals surface area contributed by atoms with Crippen molar-refractivity contribution >= 4 is 13.3 Å². The Morgan fingerprint density at radius 3 is 1.33 bits per heavy atom. The monoisotopic (exact) mass is 232 g/mol. The molecule has 0 aliphatic heterocycles. The molecule has 0 rings (SSSR count). The number of hydrogen-bond acceptors (Lipinski definition) is 4. The minimum absolute atomic E-state index is 0. The molecule has 0 aromatic carbocycles. The smallest absolute Gasteiger partial charge is 0.832 e. The molecule has 0 heterocycles. The molecule has 0 fully saturated rings. The van der Waals surface area contributed by atoms with Gasteiger partial charge in [0.15, 0.2) is 0 Å². The van der Waals surface area contributed by atoms with Gasteiger partial charge in [0, 0.05) is 0 Å². The van der Waals surface area contributed by atoms with Crippen molar-refractivity contribution in [3.05, 3.63) is 0 Å². The van der Waals surface area contributed by atoms with Crippen LogP contribution in [0.4, 0.5) is 22.0 Å². The molecule has 0 spiro atoms. The molecular formula is C3H3BF5LiO5. The zero-order valence-corrected chi connectivity index (χ0v) is 7.13. The average Bonchev–Trinajstić information content (AvgIpc) is 1.82. The van der Waals surface area contributed by atoms with E-state index in [2.05, 4.69) is 0 Å². The van der Waals surface area contributed by atoms with Gasteiger partial charge in [0.2, 0.25) is 0 Å². The van der Waals surface area contributed by atoms with Gasteiger partial charge in [0.05, 0.1) is 0 Å². The minimum atomic E-state index is -6.02. The summed E-state index contributed by atoms with van der Waals surface area (Å²) in [5.41, 5.74) is 0. The van der Waals surface area contributed by atoms with E-state index in [-0.39, 0.29) is 18.9 Å². The fraction of sp³-hybridized carbons (Fsp3) is 0.667. The van der Waals surface area contributed by atoms with Gasteiger partial charge in [-0.05, 0) is 0 Å². The molecule has 0 amide bonds. The van der Waals surface area contributed by atoms with Gasteiger partial charge in [-0.25, -0.2) is 4.79 Å². The maximum Gasteiger partial charge on any atom is 1.00 e. The van der Waals surface area contributed by atoms with Gasteiger partial charge < -0.3 is 20.2 Å². The van der Waals surface area contributed by atoms with Crippen molar-refractivity contribution in [3.63, 3.8) is 0 Å². The number of carbonyl (C=O) groups is 1. The first-order valence-electron chi connectivity index (χ1n) is 2.62. The van der Waals surface area contributed by atoms with Crippen LogP contribution in [0.3, 0.4) is 0 Å². The van der Waals surface area contributed by atoms with E-state index in [4.69, 9.17) is 20.2 Å². The van der Waals surface area contributed by atoms with Gasteiger partial charge in [-0.2, -0.15) is 22.0 Å². The zero-order valence-electron chi connectivity index (χ0n) is 7.13. The van der Waals surface area contributed by atoms with E-state index in [1.54, 1.807) is 0 Å². The Morgan fingerprint density at radius 1 is 1.13 bits per heavy atom. The SMILES string of the molecule is O=C(O)C(F)(F)C(F)(F)F.[Li+].[O-]B(O)O. The number of hydrogen-bond donors (Lipinski definition) is 3. The van der Waals surface area contributed by atoms with Crippen LogP contribution in [0, 0.1) is 0 Å². The van der Waals surface area contributed by atoms with Crippen LogP contribution in [-0.4, -0.2) is 40.5 Å². The molecule has 15 heavy (non-hydrogen) atoms. The van der Waals surface area contributed by atoms with Crippen LogP contribution < -0.4 is 23.9 Å². The first-order valence-corrected chi connectivity index (χ1v) is 2.62. The van der Waals surface area contributed by atoms with Crippen LogP contribution in [0.1, 0.15) is 0 Å². The second-order valence-corrected chi connectivity index (χ2v) is 1.70. The molecule has 0 radical (unpaired) electrons. The Morgan fingerprint density at radius 2 is 1.33 bits per heavy atom. The summed E-state index contributed by atoms with van der Waals surface area (Å²) < 4.78 is 55.5. The fourth-order valence-electron chi connectivity index (χ4n) is 0.121. The number of aliphatic carboxylic acids is 1. The molecule has 0 atom stereocenters. The number of carboxylic acid groups (broad SMARTS) is 1. The predicted molar refractivity (Wildman–Crippen MR) is 28.8 cm³/mol. The van der Waals surface area contributed by atoms with E-state index in [1.807, 2.05) is 0 Å². The fourth-order valence-corrected chi connectivity index (χ4v) is 0.121. The summed E-state index contributed by atoms with van der Waals surface area (Å²) in [6.45, 7) is 0. The normalized spacial score (nSPS) is 10.7. The maximum atomic E-state index is 11.3. The predicted octanol–water partition coefficient (Wildman–Crippen LogP) is -4.41. The molecule has 0 saturated carbocycles. The molecule has 12 heteroatoms. The van der Waals surface area contributed by atoms with E-state index in [0.29, 0.717) is 0 Å². The molecule has 0 aromatic heterocycles. The Hall–Kier alpha value is -0.338. The zero-order chi connectivity index (χ0) is 12.2. The van der Waals surface area contributed by atoms with Crippen LogP contribution in [0.25, 0.3) is 0 Å². The van der Waals surface area contributed by atoms with Crippen LogP contribution >= 0.6 is 0 Å². The third kappa shape index (κ3) is 8.64. The molecule has 3 N–H and O–H groups in total. The Bertz CT molecular complexity index is 193. The molecule has 0 bridgehead atoms. The Kier molecular flexibility index (Phi) is 9.42. The van der Waals surface area contributed by atoms with E-state index in [0.717, 1.165) is 0 Å². The van der Waals surface area contributed by atoms with Crippen LogP contribution in [0.2, 0.25) is 0 Å². The molecule has 0 unspecified atom stereocenters. The maximum absolute atomic E-state index is 11.3. The van der Waals surface area contributed by atoms with E-state index >= 15 is 0 Å². The van der Waals surface area contributed by atoms with Gasteiger partial charge in [0.1, 0.15) is 0 Å². The third-order valence-electron chi connectivity index (χ3n) is 0.625. The summed E-state index contributed by atoms with van der Waals surface area (Å²) in [5, 5.41) is 30.1. The van der Waals surface area contributed by atoms with Crippen molar-refractivity contribution < 1.29 is 65.8 Å². The van der Waals surface area contributed by atoms with Crippen molar-refractivity contribution in [2.24, 2.45) is 0 Å². The average molecular weight is 232 g/mol. The standard InChI is InChI=1S/C3HF5O2.BH2O3.Li/c4-2(5,1(9)10)3(6,7)8;2-1(3)4;/h(H,9,10);2-3H;/q;-1;+1. The van der Waals surface area contributed by atoms with Crippen molar-refractivity contribution in [3.8, 4) is 0 Å². The van der Waals surface area contributed by atoms with Gasteiger partial charge in [-0.1, -0.05) is 0 Å². The van der Waals surface area contributed by atoms with Crippen molar-refractivity contribution in [1.29, 1.82) is 0 Å². The van der Waals surface area contributed by atoms with Gasteiger partial charge >= 0.3 is 44.2 Å². The summed E-state index contributed by atoms with van der Waals surface area (Å²) >= 11 is 0.